The summed E-state index contributed by atoms with van der Waals surface area (Å²) in [6.07, 6.45) is 5.19. The number of carboxylic acids is 1. The fraction of sp³-hybridized carbons (Fsp3) is 0.535. The lowest BCUT2D eigenvalue weighted by atomic mass is 9.77. The summed E-state index contributed by atoms with van der Waals surface area (Å²) in [5, 5.41) is 9.56. The summed E-state index contributed by atoms with van der Waals surface area (Å²) in [6.45, 7) is 10.3. The van der Waals surface area contributed by atoms with E-state index in [1.165, 1.54) is 18.2 Å². The molecule has 1 aromatic rings. The molecule has 4 rings (SSSR count). The van der Waals surface area contributed by atoms with E-state index in [-0.39, 0.29) is 70.6 Å². The number of carbonyl (C=O) groups is 1. The van der Waals surface area contributed by atoms with Crippen molar-refractivity contribution in [2.75, 3.05) is 89.4 Å². The van der Waals surface area contributed by atoms with Crippen LogP contribution in [0, 0.1) is 0 Å². The van der Waals surface area contributed by atoms with Crippen molar-refractivity contribution in [1.82, 2.24) is 4.58 Å². The molecule has 1 N–H and O–H groups in total. The number of fused-ring (bicyclic) bond motifs is 2. The Labute approximate surface area is 375 Å². The molecule has 2 heterocycles. The Morgan fingerprint density at radius 1 is 0.844 bits per heavy atom. The van der Waals surface area contributed by atoms with E-state index in [1.54, 1.807) is 32.3 Å². The van der Waals surface area contributed by atoms with E-state index in [0.29, 0.717) is 60.2 Å². The van der Waals surface area contributed by atoms with Gasteiger partial charge in [0.2, 0.25) is 5.36 Å². The van der Waals surface area contributed by atoms with Crippen molar-refractivity contribution < 1.29 is 72.2 Å². The maximum atomic E-state index is 12.2. The predicted molar refractivity (Wildman–Crippen MR) is 235 cm³/mol. The monoisotopic (exact) mass is 954 g/mol. The third-order valence-electron chi connectivity index (χ3n) is 10.6. The van der Waals surface area contributed by atoms with E-state index in [0.717, 1.165) is 11.1 Å². The van der Waals surface area contributed by atoms with Gasteiger partial charge >= 0.3 is 5.97 Å². The number of aliphatic carboxylic acids is 1. The first-order chi connectivity index (χ1) is 29.9. The van der Waals surface area contributed by atoms with Crippen molar-refractivity contribution in [2.24, 2.45) is 0 Å². The fourth-order valence-corrected chi connectivity index (χ4v) is 8.96. The van der Waals surface area contributed by atoms with Crippen molar-refractivity contribution in [3.05, 3.63) is 82.6 Å². The lowest BCUT2D eigenvalue weighted by molar-refractivity contribution is -0.138. The third-order valence-corrected chi connectivity index (χ3v) is 13.0. The third kappa shape index (κ3) is 15.8. The van der Waals surface area contributed by atoms with Crippen LogP contribution in [0.15, 0.2) is 69.6 Å². The molecule has 356 valence electrons. The van der Waals surface area contributed by atoms with Crippen molar-refractivity contribution in [3.63, 3.8) is 0 Å². The fourth-order valence-electron chi connectivity index (χ4n) is 7.48. The normalized spacial score (nSPS) is 17.2. The summed E-state index contributed by atoms with van der Waals surface area (Å²) in [6, 6.07) is 11.6. The second-order valence-corrected chi connectivity index (χ2v) is 20.9. The summed E-state index contributed by atoms with van der Waals surface area (Å²) in [7, 11) is -12.4. The van der Waals surface area contributed by atoms with Crippen LogP contribution < -0.4 is 14.8 Å². The van der Waals surface area contributed by atoms with Crippen molar-refractivity contribution in [3.8, 4) is 11.3 Å². The van der Waals surface area contributed by atoms with E-state index < -0.39 is 58.1 Å². The van der Waals surface area contributed by atoms with E-state index in [4.69, 9.17) is 28.5 Å². The lowest BCUT2D eigenvalue weighted by Gasteiger charge is -2.30. The second kappa shape index (κ2) is 22.9. The summed E-state index contributed by atoms with van der Waals surface area (Å²) >= 11 is 0. The number of methoxy groups -OCH3 is 1. The predicted octanol–water partition coefficient (Wildman–Crippen LogP) is 3.46. The van der Waals surface area contributed by atoms with Crippen LogP contribution in [0.2, 0.25) is 0 Å². The molecule has 64 heavy (non-hydrogen) atoms. The minimum Gasteiger partial charge on any atom is -0.748 e. The average Bonchev–Trinajstić information content (AvgIpc) is 3.41. The number of carboxylic acid groups (broad SMARTS) is 1. The first kappa shape index (κ1) is 52.6. The Balaban J connectivity index is 1.81. The lowest BCUT2D eigenvalue weighted by Crippen LogP contribution is -2.35. The maximum Gasteiger partial charge on any atom is 0.305 e. The minimum absolute atomic E-state index is 0.0169. The summed E-state index contributed by atoms with van der Waals surface area (Å²) in [4.78, 5) is 12.2. The zero-order valence-electron chi connectivity index (χ0n) is 36.8. The van der Waals surface area contributed by atoms with Crippen LogP contribution in [0.4, 0.5) is 5.69 Å². The van der Waals surface area contributed by atoms with Crippen LogP contribution in [0.3, 0.4) is 0 Å². The number of benzene rings is 2. The molecule has 2 aliphatic heterocycles. The van der Waals surface area contributed by atoms with Crippen LogP contribution in [-0.2, 0) is 64.9 Å². The number of anilines is 1. The van der Waals surface area contributed by atoms with Crippen LogP contribution in [0.25, 0.3) is 17.4 Å². The molecule has 0 spiro atoms. The molecule has 1 atom stereocenters. The molecule has 3 aliphatic rings. The number of rotatable bonds is 26. The molecule has 18 nitrogen and oxygen atoms in total. The zero-order chi connectivity index (χ0) is 47.3. The highest BCUT2D eigenvalue weighted by Crippen LogP contribution is 2.51. The molecule has 1 unspecified atom stereocenters. The Bertz CT molecular complexity index is 2510. The van der Waals surface area contributed by atoms with Gasteiger partial charge in [0.25, 0.3) is 0 Å². The highest BCUT2D eigenvalue weighted by atomic mass is 32.2. The van der Waals surface area contributed by atoms with E-state index in [1.807, 2.05) is 33.7 Å². The summed E-state index contributed by atoms with van der Waals surface area (Å²) in [5.74, 6) is -1.22. The van der Waals surface area contributed by atoms with Gasteiger partial charge in [-0.25, -0.2) is 29.8 Å². The molecule has 0 saturated carbocycles. The van der Waals surface area contributed by atoms with Crippen LogP contribution in [-0.4, -0.2) is 134 Å². The summed E-state index contributed by atoms with van der Waals surface area (Å²) < 4.78 is 136. The minimum atomic E-state index is -4.89. The Morgan fingerprint density at radius 3 is 2.14 bits per heavy atom. The molecule has 1 aliphatic carbocycles. The van der Waals surface area contributed by atoms with Crippen molar-refractivity contribution in [2.45, 2.75) is 69.1 Å². The Morgan fingerprint density at radius 2 is 1.50 bits per heavy atom. The number of hydrogen-bond donors (Lipinski definition) is 1. The van der Waals surface area contributed by atoms with Gasteiger partial charge in [-0.15, -0.1) is 0 Å². The standard InChI is InChI=1S/C43H60N2O16S3/c1-42(2,3)36-30-33(61-39-29-32(11-13-35(36)39)44(17-8-28-63(51,52)53)18-21-59-24-23-57-5)9-6-10-40-43(4,16-7-27-62(48,49)50)37-31-34(64(54,55)56)12-14-38(37)45(40)19-22-60-26-25-58-20-15-41(46)47/h6,9-14,29-31H,7-8,15-28H2,1-5H3,(H3-,46,47,48,49,50,51,52,53,54,55,56)/p-2. The van der Waals surface area contributed by atoms with Crippen molar-refractivity contribution >= 4 is 48.1 Å². The number of ether oxygens (including phenoxy) is 4. The number of hydrogen-bond acceptors (Lipinski definition) is 16. The molecular weight excluding hydrogens is 897 g/mol. The SMILES string of the molecule is COCCOCC[N+](CCCS(=O)(=O)[O-])=c1ccc2c(C(C)(C)C)cc(/C=C/C=C3/N(CCOCCOCCC(=O)O)c4ccc(S(=O)(=O)[O-])cc4C3(C)CCCS(=O)(=O)[O-])oc-2c1. The van der Waals surface area contributed by atoms with Gasteiger partial charge in [0.15, 0.2) is 6.54 Å². The van der Waals surface area contributed by atoms with Crippen LogP contribution in [0.1, 0.15) is 70.3 Å². The Kier molecular flexibility index (Phi) is 18.8. The molecule has 0 radical (unpaired) electrons. The van der Waals surface area contributed by atoms with Crippen LogP contribution >= 0.6 is 0 Å². The highest BCUT2D eigenvalue weighted by Gasteiger charge is 2.43. The first-order valence-corrected chi connectivity index (χ1v) is 25.2. The van der Waals surface area contributed by atoms with Gasteiger partial charge in [-0.1, -0.05) is 26.8 Å². The largest absolute Gasteiger partial charge is 0.748 e. The molecule has 0 aromatic heterocycles. The van der Waals surface area contributed by atoms with E-state index >= 15 is 0 Å². The molecular formula is C43H58N2O16S3-2. The Hall–Kier alpha value is -4.03. The number of allylic oxidation sites excluding steroid dienone is 3. The molecule has 0 saturated heterocycles. The van der Waals surface area contributed by atoms with Gasteiger partial charge < -0.3 is 47.0 Å². The molecule has 0 fully saturated rings. The quantitative estimate of drug-likeness (QED) is 0.0686. The average molecular weight is 955 g/mol. The van der Waals surface area contributed by atoms with Crippen molar-refractivity contribution in [1.29, 1.82) is 0 Å². The van der Waals surface area contributed by atoms with E-state index in [9.17, 15) is 43.7 Å². The van der Waals surface area contributed by atoms with Gasteiger partial charge in [-0.2, -0.15) is 0 Å². The zero-order valence-corrected chi connectivity index (χ0v) is 39.2. The number of nitrogens with zero attached hydrogens (tertiary/aromatic N) is 2. The molecule has 21 heteroatoms. The topological polar surface area (TPSA) is 265 Å². The second-order valence-electron chi connectivity index (χ2n) is 16.5. The van der Waals surface area contributed by atoms with Gasteiger partial charge in [0, 0.05) is 60.0 Å². The smallest absolute Gasteiger partial charge is 0.305 e. The maximum absolute atomic E-state index is 12.2. The molecule has 0 amide bonds. The van der Waals surface area contributed by atoms with Crippen LogP contribution in [0.5, 0.6) is 0 Å². The molecule has 0 bridgehead atoms. The van der Waals surface area contributed by atoms with Gasteiger partial charge in [-0.3, -0.25) is 4.79 Å². The first-order valence-electron chi connectivity index (χ1n) is 20.7. The van der Waals surface area contributed by atoms with Gasteiger partial charge in [0.1, 0.15) is 34.8 Å². The molecule has 1 aromatic carbocycles. The summed E-state index contributed by atoms with van der Waals surface area (Å²) in [5.41, 5.74) is 1.89. The van der Waals surface area contributed by atoms with Gasteiger partial charge in [-0.05, 0) is 78.8 Å². The van der Waals surface area contributed by atoms with Gasteiger partial charge in [0.05, 0.1) is 77.3 Å². The van der Waals surface area contributed by atoms with E-state index in [2.05, 4.69) is 20.8 Å². The highest BCUT2D eigenvalue weighted by molar-refractivity contribution is 7.86.